The number of hydrogen-bond donors (Lipinski definition) is 0. The molecule has 4 aromatic rings. The molecule has 0 saturated carbocycles. The molecule has 190 valence electrons. The number of hydrogen-bond acceptors (Lipinski definition) is 8. The number of rotatable bonds is 7. The second-order valence-corrected chi connectivity index (χ2v) is 13.1. The molecule has 0 radical (unpaired) electrons. The molecular formula is C28H33N3O2S3. The Balaban J connectivity index is 1.59. The van der Waals surface area contributed by atoms with Crippen molar-refractivity contribution in [1.29, 1.82) is 0 Å². The van der Waals surface area contributed by atoms with Crippen molar-refractivity contribution in [3.63, 3.8) is 0 Å². The number of aromatic nitrogens is 3. The molecule has 0 fully saturated rings. The number of pyridine rings is 1. The van der Waals surface area contributed by atoms with E-state index in [0.29, 0.717) is 12.5 Å². The monoisotopic (exact) mass is 539 g/mol. The van der Waals surface area contributed by atoms with Crippen LogP contribution in [-0.4, -0.2) is 32.9 Å². The summed E-state index contributed by atoms with van der Waals surface area (Å²) in [5.74, 6) is 2.07. The maximum atomic E-state index is 6.22. The minimum atomic E-state index is -0.206. The van der Waals surface area contributed by atoms with Crippen molar-refractivity contribution in [2.45, 2.75) is 88.1 Å². The summed E-state index contributed by atoms with van der Waals surface area (Å²) in [6, 6.07) is 8.37. The summed E-state index contributed by atoms with van der Waals surface area (Å²) < 4.78 is 13.1. The highest BCUT2D eigenvalue weighted by Gasteiger charge is 2.32. The van der Waals surface area contributed by atoms with Gasteiger partial charge in [-0.3, -0.25) is 0 Å². The molecule has 0 bridgehead atoms. The van der Waals surface area contributed by atoms with Crippen LogP contribution in [0.25, 0.3) is 20.4 Å². The standard InChI is InChI=1S/C28H33N3O2S3/c1-15(2)22-20-13-32-28(5,6)12-19(20)21-23-24(36-25(21)29-22)26(31-27(30-23)34-7)35-14-17-8-10-18(11-9-17)33-16(3)4/h8-11,15-16H,12-14H2,1-7H3. The number of nitrogens with zero attached hydrogens (tertiary/aromatic N) is 3. The highest BCUT2D eigenvalue weighted by Crippen LogP contribution is 2.44. The second kappa shape index (κ2) is 10.1. The average Bonchev–Trinajstić information content (AvgIpc) is 3.20. The Kier molecular flexibility index (Phi) is 7.24. The Morgan fingerprint density at radius 1 is 1.06 bits per heavy atom. The van der Waals surface area contributed by atoms with E-state index >= 15 is 0 Å². The molecule has 4 heterocycles. The Morgan fingerprint density at radius 3 is 2.47 bits per heavy atom. The van der Waals surface area contributed by atoms with E-state index in [0.717, 1.165) is 48.8 Å². The lowest BCUT2D eigenvalue weighted by molar-refractivity contribution is -0.0402. The number of thiophene rings is 1. The van der Waals surface area contributed by atoms with Crippen molar-refractivity contribution in [2.75, 3.05) is 6.26 Å². The van der Waals surface area contributed by atoms with Crippen molar-refractivity contribution in [3.8, 4) is 5.75 Å². The summed E-state index contributed by atoms with van der Waals surface area (Å²) in [5, 5.41) is 3.03. The average molecular weight is 540 g/mol. The molecular weight excluding hydrogens is 507 g/mol. The Hall–Kier alpha value is -1.87. The van der Waals surface area contributed by atoms with Crippen molar-refractivity contribution in [1.82, 2.24) is 15.0 Å². The van der Waals surface area contributed by atoms with E-state index in [1.165, 1.54) is 22.1 Å². The van der Waals surface area contributed by atoms with Crippen LogP contribution in [0, 0.1) is 0 Å². The zero-order valence-electron chi connectivity index (χ0n) is 22.0. The third-order valence-electron chi connectivity index (χ3n) is 6.27. The van der Waals surface area contributed by atoms with Gasteiger partial charge in [-0.05, 0) is 63.1 Å². The summed E-state index contributed by atoms with van der Waals surface area (Å²) in [5.41, 5.74) is 5.82. The Morgan fingerprint density at radius 2 is 1.81 bits per heavy atom. The molecule has 1 aliphatic heterocycles. The van der Waals surface area contributed by atoms with Gasteiger partial charge in [0.25, 0.3) is 0 Å². The number of fused-ring (bicyclic) bond motifs is 5. The van der Waals surface area contributed by atoms with E-state index in [1.54, 1.807) is 34.9 Å². The lowest BCUT2D eigenvalue weighted by Crippen LogP contribution is -2.32. The highest BCUT2D eigenvalue weighted by molar-refractivity contribution is 7.99. The largest absolute Gasteiger partial charge is 0.491 e. The van der Waals surface area contributed by atoms with E-state index in [2.05, 4.69) is 39.8 Å². The Bertz CT molecular complexity index is 1410. The molecule has 0 N–H and O–H groups in total. The van der Waals surface area contributed by atoms with Gasteiger partial charge in [-0.2, -0.15) is 0 Å². The van der Waals surface area contributed by atoms with Gasteiger partial charge < -0.3 is 9.47 Å². The van der Waals surface area contributed by atoms with Gasteiger partial charge >= 0.3 is 0 Å². The molecule has 0 atom stereocenters. The molecule has 1 aromatic carbocycles. The highest BCUT2D eigenvalue weighted by atomic mass is 32.2. The van der Waals surface area contributed by atoms with Gasteiger partial charge in [0.05, 0.1) is 34.2 Å². The number of thioether (sulfide) groups is 2. The molecule has 0 spiro atoms. The van der Waals surface area contributed by atoms with Gasteiger partial charge in [-0.15, -0.1) is 23.1 Å². The lowest BCUT2D eigenvalue weighted by atomic mass is 9.87. The predicted molar refractivity (Wildman–Crippen MR) is 153 cm³/mol. The lowest BCUT2D eigenvalue weighted by Gasteiger charge is -2.33. The van der Waals surface area contributed by atoms with Gasteiger partial charge in [-0.25, -0.2) is 15.0 Å². The van der Waals surface area contributed by atoms with E-state index < -0.39 is 0 Å². The van der Waals surface area contributed by atoms with Crippen LogP contribution in [-0.2, 0) is 23.5 Å². The molecule has 0 amide bonds. The minimum Gasteiger partial charge on any atom is -0.491 e. The van der Waals surface area contributed by atoms with Crippen LogP contribution >= 0.6 is 34.9 Å². The maximum absolute atomic E-state index is 6.22. The maximum Gasteiger partial charge on any atom is 0.189 e. The fraction of sp³-hybridized carbons (Fsp3) is 0.464. The zero-order valence-corrected chi connectivity index (χ0v) is 24.4. The third kappa shape index (κ3) is 5.10. The van der Waals surface area contributed by atoms with Gasteiger partial charge in [0.1, 0.15) is 15.6 Å². The van der Waals surface area contributed by atoms with Crippen LogP contribution in [0.3, 0.4) is 0 Å². The van der Waals surface area contributed by atoms with Crippen LogP contribution in [0.4, 0.5) is 0 Å². The summed E-state index contributed by atoms with van der Waals surface area (Å²) >= 11 is 5.09. The van der Waals surface area contributed by atoms with Gasteiger partial charge in [0.15, 0.2) is 5.16 Å². The third-order valence-corrected chi connectivity index (χ3v) is 9.07. The molecule has 8 heteroatoms. The quantitative estimate of drug-likeness (QED) is 0.134. The smallest absolute Gasteiger partial charge is 0.189 e. The van der Waals surface area contributed by atoms with E-state index in [1.807, 2.05) is 32.2 Å². The van der Waals surface area contributed by atoms with Gasteiger partial charge in [0, 0.05) is 23.1 Å². The van der Waals surface area contributed by atoms with Crippen LogP contribution in [0.2, 0.25) is 0 Å². The van der Waals surface area contributed by atoms with E-state index in [9.17, 15) is 0 Å². The fourth-order valence-electron chi connectivity index (χ4n) is 4.61. The summed E-state index contributed by atoms with van der Waals surface area (Å²) in [4.78, 5) is 16.2. The van der Waals surface area contributed by atoms with Crippen LogP contribution < -0.4 is 4.74 Å². The van der Waals surface area contributed by atoms with Crippen molar-refractivity contribution >= 4 is 55.3 Å². The molecule has 0 unspecified atom stereocenters. The Labute approximate surface area is 225 Å². The van der Waals surface area contributed by atoms with Crippen LogP contribution in [0.5, 0.6) is 5.75 Å². The molecule has 5 rings (SSSR count). The molecule has 0 saturated heterocycles. The summed E-state index contributed by atoms with van der Waals surface area (Å²) in [7, 11) is 0. The normalized spacial score (nSPS) is 15.2. The summed E-state index contributed by atoms with van der Waals surface area (Å²) in [6.07, 6.45) is 3.07. The van der Waals surface area contributed by atoms with Gasteiger partial charge in [-0.1, -0.05) is 37.7 Å². The molecule has 5 nitrogen and oxygen atoms in total. The summed E-state index contributed by atoms with van der Waals surface area (Å²) in [6.45, 7) is 13.5. The fourth-order valence-corrected chi connectivity index (χ4v) is 7.24. The predicted octanol–water partition coefficient (Wildman–Crippen LogP) is 8.02. The first-order valence-corrected chi connectivity index (χ1v) is 15.4. The number of ether oxygens (including phenoxy) is 2. The second-order valence-electron chi connectivity index (χ2n) is 10.4. The number of benzene rings is 1. The zero-order chi connectivity index (χ0) is 25.6. The van der Waals surface area contributed by atoms with Gasteiger partial charge in [0.2, 0.25) is 0 Å². The molecule has 1 aliphatic rings. The van der Waals surface area contributed by atoms with Crippen LogP contribution in [0.15, 0.2) is 34.4 Å². The molecule has 3 aromatic heterocycles. The first-order valence-electron chi connectivity index (χ1n) is 12.4. The van der Waals surface area contributed by atoms with Crippen LogP contribution in [0.1, 0.15) is 69.8 Å². The molecule has 36 heavy (non-hydrogen) atoms. The SMILES string of the molecule is CSc1nc(SCc2ccc(OC(C)C)cc2)c2sc3nc(C(C)C)c4c(c3c2n1)CC(C)(C)OC4. The van der Waals surface area contributed by atoms with Crippen molar-refractivity contribution < 1.29 is 9.47 Å². The van der Waals surface area contributed by atoms with E-state index in [-0.39, 0.29) is 11.7 Å². The first-order chi connectivity index (χ1) is 17.1. The van der Waals surface area contributed by atoms with Crippen molar-refractivity contribution in [3.05, 3.63) is 46.6 Å². The minimum absolute atomic E-state index is 0.171. The van der Waals surface area contributed by atoms with Crippen molar-refractivity contribution in [2.24, 2.45) is 0 Å². The first kappa shape index (κ1) is 25.8. The topological polar surface area (TPSA) is 57.1 Å². The van der Waals surface area contributed by atoms with E-state index in [4.69, 9.17) is 24.4 Å². The molecule has 0 aliphatic carbocycles.